The van der Waals surface area contributed by atoms with Crippen molar-refractivity contribution < 1.29 is 19.2 Å². The topological polar surface area (TPSA) is 116 Å². The molecule has 1 heterocycles. The average Bonchev–Trinajstić information content (AvgIpc) is 3.13. The van der Waals surface area contributed by atoms with Crippen molar-refractivity contribution in [3.63, 3.8) is 0 Å². The van der Waals surface area contributed by atoms with Gasteiger partial charge in [0.2, 0.25) is 0 Å². The van der Waals surface area contributed by atoms with E-state index in [1.807, 2.05) is 41.8 Å². The first-order valence-corrected chi connectivity index (χ1v) is 9.68. The molecule has 0 saturated heterocycles. The van der Waals surface area contributed by atoms with Crippen LogP contribution in [-0.2, 0) is 9.53 Å². The number of carbonyl (C=O) groups is 2. The molecule has 1 aromatic heterocycles. The predicted octanol–water partition coefficient (Wildman–Crippen LogP) is 4.04. The summed E-state index contributed by atoms with van der Waals surface area (Å²) in [7, 11) is 0. The van der Waals surface area contributed by atoms with E-state index in [-0.39, 0.29) is 11.3 Å². The van der Waals surface area contributed by atoms with Crippen LogP contribution in [-0.4, -0.2) is 33.0 Å². The number of aromatic nitrogens is 2. The van der Waals surface area contributed by atoms with Gasteiger partial charge in [-0.2, -0.15) is 0 Å². The van der Waals surface area contributed by atoms with Crippen molar-refractivity contribution in [2.75, 3.05) is 11.9 Å². The van der Waals surface area contributed by atoms with Crippen molar-refractivity contribution in [3.8, 4) is 5.69 Å². The highest BCUT2D eigenvalue weighted by Gasteiger charge is 2.15. The lowest BCUT2D eigenvalue weighted by Crippen LogP contribution is -2.20. The number of nitrogens with one attached hydrogen (secondary N) is 1. The molecule has 0 saturated carbocycles. The van der Waals surface area contributed by atoms with Gasteiger partial charge in [0.1, 0.15) is 5.82 Å². The summed E-state index contributed by atoms with van der Waals surface area (Å²) in [5.41, 5.74) is 3.00. The van der Waals surface area contributed by atoms with E-state index in [1.54, 1.807) is 18.2 Å². The summed E-state index contributed by atoms with van der Waals surface area (Å²) in [6, 6.07) is 20.1. The Hall–Kier alpha value is -4.53. The number of nitrogens with zero attached hydrogens (tertiary/aromatic N) is 3. The molecule has 1 N–H and O–H groups in total. The number of para-hydroxylation sites is 1. The summed E-state index contributed by atoms with van der Waals surface area (Å²) in [6.45, 7) is 1.39. The van der Waals surface area contributed by atoms with Crippen molar-refractivity contribution in [2.45, 2.75) is 6.92 Å². The molecule has 4 rings (SSSR count). The molecule has 0 atom stereocenters. The number of imidazole rings is 1. The second-order valence-electron chi connectivity index (χ2n) is 6.96. The standard InChI is InChI=1S/C23H18N4O5/c1-15-24-20-13-16(7-12-21(20)26(15)18-5-3-2-4-6-18)23(29)32-14-22(28)25-17-8-10-19(11-9-17)27(30)31/h2-13H,14H2,1H3,(H,25,28). The van der Waals surface area contributed by atoms with Crippen LogP contribution in [0.25, 0.3) is 16.7 Å². The highest BCUT2D eigenvalue weighted by Crippen LogP contribution is 2.22. The minimum atomic E-state index is -0.655. The van der Waals surface area contributed by atoms with Crippen LogP contribution in [0, 0.1) is 17.0 Å². The number of nitro groups is 1. The number of aryl methyl sites for hydroxylation is 1. The van der Waals surface area contributed by atoms with Crippen LogP contribution >= 0.6 is 0 Å². The van der Waals surface area contributed by atoms with Crippen molar-refractivity contribution in [3.05, 3.63) is 94.3 Å². The second-order valence-corrected chi connectivity index (χ2v) is 6.96. The van der Waals surface area contributed by atoms with Crippen LogP contribution in [0.15, 0.2) is 72.8 Å². The first-order valence-electron chi connectivity index (χ1n) is 9.68. The molecule has 0 aliphatic carbocycles. The Morgan fingerprint density at radius 2 is 1.78 bits per heavy atom. The highest BCUT2D eigenvalue weighted by molar-refractivity contribution is 5.97. The molecule has 4 aromatic rings. The molecule has 0 aliphatic heterocycles. The van der Waals surface area contributed by atoms with E-state index in [1.165, 1.54) is 24.3 Å². The number of amides is 1. The lowest BCUT2D eigenvalue weighted by molar-refractivity contribution is -0.384. The van der Waals surface area contributed by atoms with Crippen LogP contribution in [0.4, 0.5) is 11.4 Å². The lowest BCUT2D eigenvalue weighted by Gasteiger charge is -2.08. The van der Waals surface area contributed by atoms with E-state index in [0.29, 0.717) is 11.2 Å². The summed E-state index contributed by atoms with van der Waals surface area (Å²) in [5, 5.41) is 13.2. The molecular weight excluding hydrogens is 412 g/mol. The molecule has 3 aromatic carbocycles. The summed E-state index contributed by atoms with van der Waals surface area (Å²) in [4.78, 5) is 39.1. The first kappa shape index (κ1) is 20.7. The second kappa shape index (κ2) is 8.68. The molecule has 0 aliphatic rings. The SMILES string of the molecule is Cc1nc2cc(C(=O)OCC(=O)Nc3ccc([N+](=O)[O-])cc3)ccc2n1-c1ccccc1. The van der Waals surface area contributed by atoms with Gasteiger partial charge in [-0.25, -0.2) is 9.78 Å². The zero-order valence-electron chi connectivity index (χ0n) is 17.0. The fourth-order valence-electron chi connectivity index (χ4n) is 3.31. The summed E-state index contributed by atoms with van der Waals surface area (Å²) in [5.74, 6) is -0.436. The molecule has 1 amide bonds. The van der Waals surface area contributed by atoms with Crippen molar-refractivity contribution in [1.29, 1.82) is 0 Å². The number of esters is 1. The smallest absolute Gasteiger partial charge is 0.338 e. The van der Waals surface area contributed by atoms with Gasteiger partial charge in [0.25, 0.3) is 11.6 Å². The molecular formula is C23H18N4O5. The van der Waals surface area contributed by atoms with E-state index < -0.39 is 23.4 Å². The zero-order valence-corrected chi connectivity index (χ0v) is 17.0. The van der Waals surface area contributed by atoms with E-state index in [2.05, 4.69) is 10.3 Å². The Labute approximate surface area is 182 Å². The Morgan fingerprint density at radius 3 is 2.47 bits per heavy atom. The fourth-order valence-corrected chi connectivity index (χ4v) is 3.31. The van der Waals surface area contributed by atoms with Gasteiger partial charge in [-0.15, -0.1) is 0 Å². The van der Waals surface area contributed by atoms with Crippen LogP contribution in [0.3, 0.4) is 0 Å². The van der Waals surface area contributed by atoms with Gasteiger partial charge in [0.15, 0.2) is 6.61 Å². The van der Waals surface area contributed by atoms with Gasteiger partial charge in [-0.1, -0.05) is 18.2 Å². The van der Waals surface area contributed by atoms with Crippen LogP contribution in [0.5, 0.6) is 0 Å². The molecule has 9 nitrogen and oxygen atoms in total. The van der Waals surface area contributed by atoms with Crippen molar-refractivity contribution in [2.24, 2.45) is 0 Å². The van der Waals surface area contributed by atoms with Crippen LogP contribution < -0.4 is 5.32 Å². The van der Waals surface area contributed by atoms with E-state index in [9.17, 15) is 19.7 Å². The van der Waals surface area contributed by atoms with Gasteiger partial charge < -0.3 is 10.1 Å². The number of nitro benzene ring substituents is 1. The van der Waals surface area contributed by atoms with Crippen LogP contribution in [0.1, 0.15) is 16.2 Å². The third-order valence-corrected chi connectivity index (χ3v) is 4.77. The minimum absolute atomic E-state index is 0.0882. The number of benzene rings is 3. The number of fused-ring (bicyclic) bond motifs is 1. The lowest BCUT2D eigenvalue weighted by atomic mass is 10.2. The Bertz CT molecular complexity index is 1310. The fraction of sp³-hybridized carbons (Fsp3) is 0.0870. The highest BCUT2D eigenvalue weighted by atomic mass is 16.6. The van der Waals surface area contributed by atoms with Gasteiger partial charge in [0, 0.05) is 23.5 Å². The number of ether oxygens (including phenoxy) is 1. The third-order valence-electron chi connectivity index (χ3n) is 4.77. The number of hydrogen-bond acceptors (Lipinski definition) is 6. The molecule has 0 spiro atoms. The minimum Gasteiger partial charge on any atom is -0.452 e. The molecule has 0 fully saturated rings. The zero-order chi connectivity index (χ0) is 22.7. The maximum atomic E-state index is 12.4. The maximum absolute atomic E-state index is 12.4. The monoisotopic (exact) mass is 430 g/mol. The van der Waals surface area contributed by atoms with Gasteiger partial charge in [-0.3, -0.25) is 19.5 Å². The molecule has 32 heavy (non-hydrogen) atoms. The Morgan fingerprint density at radius 1 is 1.06 bits per heavy atom. The number of rotatable bonds is 6. The number of non-ortho nitro benzene ring substituents is 1. The average molecular weight is 430 g/mol. The summed E-state index contributed by atoms with van der Waals surface area (Å²) < 4.78 is 7.09. The molecule has 0 unspecified atom stereocenters. The van der Waals surface area contributed by atoms with Gasteiger partial charge in [-0.05, 0) is 49.4 Å². The van der Waals surface area contributed by atoms with E-state index >= 15 is 0 Å². The number of hydrogen-bond donors (Lipinski definition) is 1. The Kier molecular flexibility index (Phi) is 5.63. The largest absolute Gasteiger partial charge is 0.452 e. The van der Waals surface area contributed by atoms with Crippen molar-refractivity contribution in [1.82, 2.24) is 9.55 Å². The normalized spacial score (nSPS) is 10.7. The quantitative estimate of drug-likeness (QED) is 0.280. The summed E-state index contributed by atoms with van der Waals surface area (Å²) in [6.07, 6.45) is 0. The maximum Gasteiger partial charge on any atom is 0.338 e. The van der Waals surface area contributed by atoms with Gasteiger partial charge >= 0.3 is 5.97 Å². The number of anilines is 1. The third kappa shape index (κ3) is 4.31. The first-order chi connectivity index (χ1) is 15.4. The van der Waals surface area contributed by atoms with Crippen molar-refractivity contribution >= 4 is 34.3 Å². The van der Waals surface area contributed by atoms with Gasteiger partial charge in [0.05, 0.1) is 21.5 Å². The summed E-state index contributed by atoms with van der Waals surface area (Å²) >= 11 is 0. The van der Waals surface area contributed by atoms with Crippen LogP contribution in [0.2, 0.25) is 0 Å². The molecule has 0 radical (unpaired) electrons. The Balaban J connectivity index is 1.42. The number of carbonyl (C=O) groups excluding carboxylic acids is 2. The van der Waals surface area contributed by atoms with E-state index in [4.69, 9.17) is 4.74 Å². The predicted molar refractivity (Wildman–Crippen MR) is 118 cm³/mol. The molecule has 9 heteroatoms. The molecule has 160 valence electrons. The van der Waals surface area contributed by atoms with E-state index in [0.717, 1.165) is 17.0 Å². The molecule has 0 bridgehead atoms.